The molecule has 5 rings (SSSR count). The summed E-state index contributed by atoms with van der Waals surface area (Å²) in [5.74, 6) is 0.260. The molecule has 10 nitrogen and oxygen atoms in total. The van der Waals surface area contributed by atoms with Gasteiger partial charge in [-0.1, -0.05) is 0 Å². The van der Waals surface area contributed by atoms with Crippen LogP contribution in [0.4, 0.5) is 11.4 Å². The molecule has 2 aromatic heterocycles. The van der Waals surface area contributed by atoms with Gasteiger partial charge in [-0.2, -0.15) is 5.10 Å². The number of anilines is 2. The second-order valence-electron chi connectivity index (χ2n) is 8.24. The van der Waals surface area contributed by atoms with Crippen LogP contribution < -0.4 is 20.7 Å². The average Bonchev–Trinajstić information content (AvgIpc) is 3.35. The van der Waals surface area contributed by atoms with E-state index in [-0.39, 0.29) is 24.5 Å². The maximum Gasteiger partial charge on any atom is 0.261 e. The van der Waals surface area contributed by atoms with E-state index in [2.05, 4.69) is 20.3 Å². The third kappa shape index (κ3) is 3.84. The third-order valence-electron chi connectivity index (χ3n) is 5.88. The van der Waals surface area contributed by atoms with Gasteiger partial charge in [-0.3, -0.25) is 14.5 Å². The third-order valence-corrected chi connectivity index (χ3v) is 5.88. The molecule has 1 aromatic carbocycles. The first-order valence-electron chi connectivity index (χ1n) is 10.7. The minimum absolute atomic E-state index is 0.0973. The van der Waals surface area contributed by atoms with Gasteiger partial charge in [-0.25, -0.2) is 9.50 Å². The van der Waals surface area contributed by atoms with Crippen molar-refractivity contribution in [1.29, 1.82) is 0 Å². The highest BCUT2D eigenvalue weighted by Crippen LogP contribution is 2.39. The van der Waals surface area contributed by atoms with Crippen molar-refractivity contribution in [2.75, 3.05) is 42.9 Å². The van der Waals surface area contributed by atoms with Crippen LogP contribution in [-0.4, -0.2) is 70.1 Å². The lowest BCUT2D eigenvalue weighted by Gasteiger charge is -2.36. The Hall–Kier alpha value is -3.66. The van der Waals surface area contributed by atoms with Gasteiger partial charge in [0.05, 0.1) is 24.1 Å². The molecule has 4 heterocycles. The minimum atomic E-state index is -0.326. The van der Waals surface area contributed by atoms with Crippen LogP contribution in [-0.2, 0) is 11.2 Å². The summed E-state index contributed by atoms with van der Waals surface area (Å²) < 4.78 is 7.54. The molecule has 166 valence electrons. The Kier molecular flexibility index (Phi) is 5.14. The number of aromatic nitrogens is 3. The number of nitrogens with two attached hydrogens (primary N) is 1. The maximum absolute atomic E-state index is 13.1. The van der Waals surface area contributed by atoms with Crippen molar-refractivity contribution in [3.8, 4) is 5.75 Å². The van der Waals surface area contributed by atoms with E-state index < -0.39 is 0 Å². The summed E-state index contributed by atoms with van der Waals surface area (Å²) in [4.78, 5) is 32.9. The highest BCUT2D eigenvalue weighted by Gasteiger charge is 2.27. The fourth-order valence-corrected chi connectivity index (χ4v) is 4.36. The summed E-state index contributed by atoms with van der Waals surface area (Å²) >= 11 is 0. The molecule has 0 bridgehead atoms. The van der Waals surface area contributed by atoms with Gasteiger partial charge >= 0.3 is 0 Å². The summed E-state index contributed by atoms with van der Waals surface area (Å²) in [6.07, 6.45) is 5.81. The number of carbonyl (C=O) groups excluding carboxylic acids is 2. The first kappa shape index (κ1) is 20.3. The zero-order valence-electron chi connectivity index (χ0n) is 17.8. The number of carbonyl (C=O) groups is 2. The topological polar surface area (TPSA) is 118 Å². The van der Waals surface area contributed by atoms with Crippen molar-refractivity contribution in [2.45, 2.75) is 19.4 Å². The number of rotatable bonds is 5. The average molecular weight is 435 g/mol. The Labute approximate surface area is 184 Å². The molecule has 3 aromatic rings. The van der Waals surface area contributed by atoms with Crippen molar-refractivity contribution in [3.05, 3.63) is 47.9 Å². The lowest BCUT2D eigenvalue weighted by molar-refractivity contribution is -0.119. The minimum Gasteiger partial charge on any atom is -0.490 e. The summed E-state index contributed by atoms with van der Waals surface area (Å²) in [6, 6.07) is 5.77. The molecule has 2 amide bonds. The number of benzene rings is 1. The summed E-state index contributed by atoms with van der Waals surface area (Å²) in [5.41, 5.74) is 8.95. The first-order valence-corrected chi connectivity index (χ1v) is 10.7. The van der Waals surface area contributed by atoms with Crippen LogP contribution >= 0.6 is 0 Å². The SMILES string of the molecule is CC1Cc2cc(NC(=O)c3cnn4cccnc34)c(N3CCN(CC(N)=O)CC3)cc2O1. The van der Waals surface area contributed by atoms with Crippen molar-refractivity contribution in [2.24, 2.45) is 5.73 Å². The largest absolute Gasteiger partial charge is 0.490 e. The standard InChI is InChI=1S/C22H25N7O3/c1-14-9-15-10-17(26-22(31)16-12-25-29-4-2-3-24-21(16)29)18(11-19(15)32-14)28-7-5-27(6-8-28)13-20(23)30/h2-4,10-12,14H,5-9,13H2,1H3,(H2,23,30)(H,26,31). The van der Waals surface area contributed by atoms with E-state index in [1.54, 1.807) is 23.0 Å². The number of hydrogen-bond donors (Lipinski definition) is 2. The first-order chi connectivity index (χ1) is 15.5. The molecule has 0 aliphatic carbocycles. The van der Waals surface area contributed by atoms with E-state index in [0.29, 0.717) is 37.4 Å². The van der Waals surface area contributed by atoms with Gasteiger partial charge in [-0.15, -0.1) is 0 Å². The van der Waals surface area contributed by atoms with Crippen LogP contribution in [0.5, 0.6) is 5.75 Å². The molecule has 1 atom stereocenters. The zero-order chi connectivity index (χ0) is 22.2. The molecule has 1 unspecified atom stereocenters. The normalized spacial score (nSPS) is 18.4. The van der Waals surface area contributed by atoms with Gasteiger partial charge in [0.25, 0.3) is 5.91 Å². The van der Waals surface area contributed by atoms with Crippen molar-refractivity contribution in [1.82, 2.24) is 19.5 Å². The van der Waals surface area contributed by atoms with Crippen LogP contribution in [0.1, 0.15) is 22.8 Å². The Morgan fingerprint density at radius 2 is 2.06 bits per heavy atom. The van der Waals surface area contributed by atoms with Gasteiger partial charge in [-0.05, 0) is 19.1 Å². The highest BCUT2D eigenvalue weighted by molar-refractivity contribution is 6.09. The van der Waals surface area contributed by atoms with E-state index in [1.807, 2.05) is 24.0 Å². The smallest absolute Gasteiger partial charge is 0.261 e. The quantitative estimate of drug-likeness (QED) is 0.612. The Morgan fingerprint density at radius 1 is 1.25 bits per heavy atom. The molecular formula is C22H25N7O3. The molecule has 3 N–H and O–H groups in total. The van der Waals surface area contributed by atoms with E-state index >= 15 is 0 Å². The second-order valence-corrected chi connectivity index (χ2v) is 8.24. The molecule has 2 aliphatic rings. The predicted molar refractivity (Wildman–Crippen MR) is 119 cm³/mol. The number of nitrogens with one attached hydrogen (secondary N) is 1. The molecule has 0 radical (unpaired) electrons. The summed E-state index contributed by atoms with van der Waals surface area (Å²) in [5, 5.41) is 7.29. The fourth-order valence-electron chi connectivity index (χ4n) is 4.36. The van der Waals surface area contributed by atoms with Crippen LogP contribution in [0.3, 0.4) is 0 Å². The number of primary amides is 1. The summed E-state index contributed by atoms with van der Waals surface area (Å²) in [6.45, 7) is 5.13. The van der Waals surface area contributed by atoms with Gasteiger partial charge in [0.15, 0.2) is 5.65 Å². The number of hydrogen-bond acceptors (Lipinski definition) is 7. The Balaban J connectivity index is 1.43. The monoisotopic (exact) mass is 435 g/mol. The number of piperazine rings is 1. The summed E-state index contributed by atoms with van der Waals surface area (Å²) in [7, 11) is 0. The van der Waals surface area contributed by atoms with Crippen LogP contribution in [0.25, 0.3) is 5.65 Å². The lowest BCUT2D eigenvalue weighted by atomic mass is 10.1. The highest BCUT2D eigenvalue weighted by atomic mass is 16.5. The van der Waals surface area contributed by atoms with Crippen molar-refractivity contribution < 1.29 is 14.3 Å². The van der Waals surface area contributed by atoms with E-state index in [4.69, 9.17) is 10.5 Å². The van der Waals surface area contributed by atoms with Crippen molar-refractivity contribution >= 4 is 28.8 Å². The molecule has 1 fully saturated rings. The van der Waals surface area contributed by atoms with Gasteiger partial charge in [0.1, 0.15) is 17.4 Å². The fraction of sp³-hybridized carbons (Fsp3) is 0.364. The number of fused-ring (bicyclic) bond motifs is 2. The van der Waals surface area contributed by atoms with Crippen LogP contribution in [0, 0.1) is 0 Å². The molecule has 0 spiro atoms. The number of nitrogens with zero attached hydrogens (tertiary/aromatic N) is 5. The molecule has 0 saturated carbocycles. The van der Waals surface area contributed by atoms with Gasteiger partial charge in [0, 0.05) is 56.6 Å². The van der Waals surface area contributed by atoms with E-state index in [0.717, 1.165) is 29.1 Å². The van der Waals surface area contributed by atoms with Gasteiger partial charge < -0.3 is 20.7 Å². The van der Waals surface area contributed by atoms with E-state index in [9.17, 15) is 9.59 Å². The predicted octanol–water partition coefficient (Wildman–Crippen LogP) is 0.912. The maximum atomic E-state index is 13.1. The van der Waals surface area contributed by atoms with Gasteiger partial charge in [0.2, 0.25) is 5.91 Å². The molecule has 1 saturated heterocycles. The van der Waals surface area contributed by atoms with Crippen LogP contribution in [0.2, 0.25) is 0 Å². The Bertz CT molecular complexity index is 1180. The molecule has 2 aliphatic heterocycles. The molecule has 32 heavy (non-hydrogen) atoms. The molecular weight excluding hydrogens is 410 g/mol. The Morgan fingerprint density at radius 3 is 2.84 bits per heavy atom. The molecule has 10 heteroatoms. The van der Waals surface area contributed by atoms with E-state index in [1.165, 1.54) is 6.20 Å². The number of amides is 2. The zero-order valence-corrected chi connectivity index (χ0v) is 17.8. The number of ether oxygens (including phenoxy) is 1. The van der Waals surface area contributed by atoms with Crippen molar-refractivity contribution in [3.63, 3.8) is 0 Å². The lowest BCUT2D eigenvalue weighted by Crippen LogP contribution is -2.49. The van der Waals surface area contributed by atoms with Crippen LogP contribution in [0.15, 0.2) is 36.8 Å². The second kappa shape index (κ2) is 8.12.